The quantitative estimate of drug-likeness (QED) is 0.896. The zero-order valence-electron chi connectivity index (χ0n) is 14.3. The molecule has 0 saturated heterocycles. The van der Waals surface area contributed by atoms with Gasteiger partial charge in [0.2, 0.25) is 0 Å². The van der Waals surface area contributed by atoms with Gasteiger partial charge in [0.15, 0.2) is 0 Å². The molecule has 128 valence electrons. The predicted octanol–water partition coefficient (Wildman–Crippen LogP) is 2.16. The minimum Gasteiger partial charge on any atom is -0.481 e. The second kappa shape index (κ2) is 7.30. The molecule has 0 aliphatic rings. The van der Waals surface area contributed by atoms with Gasteiger partial charge in [-0.05, 0) is 39.2 Å². The number of rotatable bonds is 5. The lowest BCUT2D eigenvalue weighted by molar-refractivity contribution is -0.137. The van der Waals surface area contributed by atoms with Crippen molar-refractivity contribution in [1.82, 2.24) is 4.57 Å². The molecule has 0 bridgehead atoms. The molecule has 7 heteroatoms. The smallest absolute Gasteiger partial charge is 0.414 e. The summed E-state index contributed by atoms with van der Waals surface area (Å²) in [4.78, 5) is 36.0. The number of aromatic nitrogens is 1. The number of carbonyl (C=O) groups is 2. The number of nitrogens with zero attached hydrogens (tertiary/aromatic N) is 2. The van der Waals surface area contributed by atoms with E-state index in [2.05, 4.69) is 0 Å². The van der Waals surface area contributed by atoms with Gasteiger partial charge in [0.25, 0.3) is 5.56 Å². The Morgan fingerprint density at radius 1 is 1.35 bits per heavy atom. The van der Waals surface area contributed by atoms with Gasteiger partial charge in [0.05, 0.1) is 5.69 Å². The van der Waals surface area contributed by atoms with Crippen LogP contribution in [0, 0.1) is 0 Å². The van der Waals surface area contributed by atoms with E-state index in [0.29, 0.717) is 18.5 Å². The first-order chi connectivity index (χ1) is 10.5. The summed E-state index contributed by atoms with van der Waals surface area (Å²) >= 11 is 0. The predicted molar refractivity (Wildman–Crippen MR) is 86.9 cm³/mol. The third-order valence-corrected chi connectivity index (χ3v) is 3.15. The fourth-order valence-electron chi connectivity index (χ4n) is 2.04. The fourth-order valence-corrected chi connectivity index (χ4v) is 2.04. The number of aryl methyl sites for hydroxylation is 2. The maximum atomic E-state index is 12.2. The van der Waals surface area contributed by atoms with E-state index in [9.17, 15) is 14.4 Å². The Bertz CT molecular complexity index is 643. The summed E-state index contributed by atoms with van der Waals surface area (Å²) in [6.07, 6.45) is 1.95. The van der Waals surface area contributed by atoms with E-state index < -0.39 is 17.7 Å². The zero-order valence-corrected chi connectivity index (χ0v) is 14.3. The SMILES string of the molecule is CN(C(=O)OC(C)(C)C)c1cc(=O)n(C)cc1CCCC(=O)O. The van der Waals surface area contributed by atoms with Crippen LogP contribution in [0.25, 0.3) is 0 Å². The lowest BCUT2D eigenvalue weighted by Crippen LogP contribution is -2.35. The minimum atomic E-state index is -0.878. The molecule has 0 aliphatic heterocycles. The van der Waals surface area contributed by atoms with Crippen molar-refractivity contribution in [2.45, 2.75) is 45.6 Å². The maximum absolute atomic E-state index is 12.2. The van der Waals surface area contributed by atoms with Gasteiger partial charge >= 0.3 is 12.1 Å². The highest BCUT2D eigenvalue weighted by Crippen LogP contribution is 2.21. The molecule has 0 saturated carbocycles. The van der Waals surface area contributed by atoms with Gasteiger partial charge in [-0.25, -0.2) is 4.79 Å². The zero-order chi connectivity index (χ0) is 17.8. The number of pyridine rings is 1. The van der Waals surface area contributed by atoms with E-state index in [0.717, 1.165) is 5.56 Å². The van der Waals surface area contributed by atoms with Crippen molar-refractivity contribution in [2.24, 2.45) is 7.05 Å². The number of hydrogen-bond acceptors (Lipinski definition) is 4. The fraction of sp³-hybridized carbons (Fsp3) is 0.562. The van der Waals surface area contributed by atoms with E-state index in [1.54, 1.807) is 34.0 Å². The van der Waals surface area contributed by atoms with Crippen molar-refractivity contribution in [3.05, 3.63) is 28.2 Å². The Labute approximate surface area is 135 Å². The molecule has 0 unspecified atom stereocenters. The van der Waals surface area contributed by atoms with Crippen molar-refractivity contribution >= 4 is 17.7 Å². The second-order valence-corrected chi connectivity index (χ2v) is 6.42. The van der Waals surface area contributed by atoms with E-state index in [-0.39, 0.29) is 12.0 Å². The Hall–Kier alpha value is -2.31. The van der Waals surface area contributed by atoms with E-state index in [4.69, 9.17) is 9.84 Å². The Balaban J connectivity index is 3.07. The summed E-state index contributed by atoms with van der Waals surface area (Å²) in [7, 11) is 3.14. The van der Waals surface area contributed by atoms with Crippen LogP contribution in [0.4, 0.5) is 10.5 Å². The highest BCUT2D eigenvalue weighted by atomic mass is 16.6. The molecule has 1 N–H and O–H groups in total. The monoisotopic (exact) mass is 324 g/mol. The van der Waals surface area contributed by atoms with Gasteiger partial charge in [-0.15, -0.1) is 0 Å². The number of anilines is 1. The van der Waals surface area contributed by atoms with Crippen molar-refractivity contribution < 1.29 is 19.4 Å². The molecule has 1 amide bonds. The normalized spacial score (nSPS) is 11.2. The largest absolute Gasteiger partial charge is 0.481 e. The molecule has 0 radical (unpaired) electrons. The van der Waals surface area contributed by atoms with Crippen LogP contribution >= 0.6 is 0 Å². The lowest BCUT2D eigenvalue weighted by Gasteiger charge is -2.26. The standard InChI is InChI=1S/C16H24N2O5/c1-16(2,3)23-15(22)18(5)12-9-13(19)17(4)10-11(12)7-6-8-14(20)21/h9-10H,6-8H2,1-5H3,(H,20,21). The van der Waals surface area contributed by atoms with Gasteiger partial charge in [-0.3, -0.25) is 14.5 Å². The minimum absolute atomic E-state index is 0.0262. The third-order valence-electron chi connectivity index (χ3n) is 3.15. The van der Waals surface area contributed by atoms with Crippen LogP contribution < -0.4 is 10.5 Å². The molecule has 1 heterocycles. The molecular formula is C16H24N2O5. The summed E-state index contributed by atoms with van der Waals surface area (Å²) in [6.45, 7) is 5.28. The van der Waals surface area contributed by atoms with Crippen LogP contribution in [0.15, 0.2) is 17.1 Å². The van der Waals surface area contributed by atoms with Crippen LogP contribution in [0.1, 0.15) is 39.2 Å². The Morgan fingerprint density at radius 2 is 1.96 bits per heavy atom. The molecule has 23 heavy (non-hydrogen) atoms. The number of carboxylic acid groups (broad SMARTS) is 1. The Morgan fingerprint density at radius 3 is 2.48 bits per heavy atom. The average Bonchev–Trinajstić information content (AvgIpc) is 2.39. The molecule has 0 spiro atoms. The summed E-state index contributed by atoms with van der Waals surface area (Å²) in [6, 6.07) is 1.36. The first-order valence-corrected chi connectivity index (χ1v) is 7.39. The number of hydrogen-bond donors (Lipinski definition) is 1. The number of ether oxygens (including phenoxy) is 1. The topological polar surface area (TPSA) is 88.8 Å². The van der Waals surface area contributed by atoms with Crippen LogP contribution in [-0.2, 0) is 23.0 Å². The van der Waals surface area contributed by atoms with E-state index >= 15 is 0 Å². The number of aliphatic carboxylic acids is 1. The average molecular weight is 324 g/mol. The van der Waals surface area contributed by atoms with Crippen molar-refractivity contribution in [3.8, 4) is 0 Å². The van der Waals surface area contributed by atoms with Crippen molar-refractivity contribution in [3.63, 3.8) is 0 Å². The van der Waals surface area contributed by atoms with Crippen LogP contribution in [-0.4, -0.2) is 34.4 Å². The molecule has 0 fully saturated rings. The Kier molecular flexibility index (Phi) is 5.95. The highest BCUT2D eigenvalue weighted by Gasteiger charge is 2.22. The van der Waals surface area contributed by atoms with Gasteiger partial charge in [0.1, 0.15) is 5.60 Å². The highest BCUT2D eigenvalue weighted by molar-refractivity contribution is 5.88. The first-order valence-electron chi connectivity index (χ1n) is 7.39. The molecule has 1 aromatic heterocycles. The summed E-state index contributed by atoms with van der Waals surface area (Å²) in [5.41, 5.74) is 0.265. The van der Waals surface area contributed by atoms with E-state index in [1.165, 1.54) is 22.6 Å². The molecule has 1 aromatic rings. The van der Waals surface area contributed by atoms with E-state index in [1.807, 2.05) is 0 Å². The number of carboxylic acids is 1. The van der Waals surface area contributed by atoms with Gasteiger partial charge in [-0.2, -0.15) is 0 Å². The van der Waals surface area contributed by atoms with Crippen molar-refractivity contribution in [2.75, 3.05) is 11.9 Å². The lowest BCUT2D eigenvalue weighted by atomic mass is 10.1. The van der Waals surface area contributed by atoms with Gasteiger partial charge in [-0.1, -0.05) is 0 Å². The van der Waals surface area contributed by atoms with Crippen LogP contribution in [0.5, 0.6) is 0 Å². The van der Waals surface area contributed by atoms with Gasteiger partial charge < -0.3 is 14.4 Å². The van der Waals surface area contributed by atoms with Crippen molar-refractivity contribution in [1.29, 1.82) is 0 Å². The summed E-state index contributed by atoms with van der Waals surface area (Å²) in [5.74, 6) is -0.878. The van der Waals surface area contributed by atoms with Gasteiger partial charge in [0, 0.05) is 32.8 Å². The summed E-state index contributed by atoms with van der Waals surface area (Å²) in [5, 5.41) is 8.74. The first kappa shape index (κ1) is 18.7. The molecular weight excluding hydrogens is 300 g/mol. The number of carbonyl (C=O) groups excluding carboxylic acids is 1. The molecule has 1 rings (SSSR count). The van der Waals surface area contributed by atoms with Crippen LogP contribution in [0.2, 0.25) is 0 Å². The van der Waals surface area contributed by atoms with Crippen LogP contribution in [0.3, 0.4) is 0 Å². The summed E-state index contributed by atoms with van der Waals surface area (Å²) < 4.78 is 6.71. The molecule has 0 aromatic carbocycles. The number of amides is 1. The molecule has 7 nitrogen and oxygen atoms in total. The third kappa shape index (κ3) is 5.77. The molecule has 0 atom stereocenters. The second-order valence-electron chi connectivity index (χ2n) is 6.42. The maximum Gasteiger partial charge on any atom is 0.414 e. The molecule has 0 aliphatic carbocycles.